The second-order valence-electron chi connectivity index (χ2n) is 7.65. The van der Waals surface area contributed by atoms with Crippen LogP contribution < -0.4 is 15.8 Å². The molecule has 0 radical (unpaired) electrons. The summed E-state index contributed by atoms with van der Waals surface area (Å²) < 4.78 is 1.74. The molecule has 0 fully saturated rings. The van der Waals surface area contributed by atoms with Crippen molar-refractivity contribution in [3.63, 3.8) is 0 Å². The molecule has 2 N–H and O–H groups in total. The summed E-state index contributed by atoms with van der Waals surface area (Å²) in [4.78, 5) is 29.1. The number of aryl methyl sites for hydroxylation is 1. The fraction of sp³-hybridized carbons (Fsp3) is 0.304. The lowest BCUT2D eigenvalue weighted by molar-refractivity contribution is -0.116. The Bertz CT molecular complexity index is 1180. The van der Waals surface area contributed by atoms with Crippen LogP contribution in [0.2, 0.25) is 0 Å². The molecule has 0 saturated heterocycles. The molecule has 0 saturated carbocycles. The Kier molecular flexibility index (Phi) is 6.55. The quantitative estimate of drug-likeness (QED) is 0.614. The lowest BCUT2D eigenvalue weighted by Gasteiger charge is -2.14. The Morgan fingerprint density at radius 1 is 1.23 bits per heavy atom. The standard InChI is InChI=1S/C23H26N6O2/c1-15-19(16(2)26-23(31)20(15)13-24)9-10-22(30)27-21-11-12-25-29(21)14-17-5-7-18(8-6-17)28(3)4/h5-8,11-12H,9-10,14H2,1-4H3,(H,26,31)(H,27,30). The average molecular weight is 419 g/mol. The first kappa shape index (κ1) is 21.8. The van der Waals surface area contributed by atoms with Gasteiger partial charge in [-0.05, 0) is 49.1 Å². The molecule has 8 nitrogen and oxygen atoms in total. The maximum atomic E-state index is 12.6. The SMILES string of the molecule is Cc1[nH]c(=O)c(C#N)c(C)c1CCC(=O)Nc1ccnn1Cc1ccc(N(C)C)cc1. The Morgan fingerprint density at radius 2 is 1.94 bits per heavy atom. The first-order chi connectivity index (χ1) is 14.8. The van der Waals surface area contributed by atoms with E-state index >= 15 is 0 Å². The Hall–Kier alpha value is -3.86. The number of hydrogen-bond donors (Lipinski definition) is 2. The summed E-state index contributed by atoms with van der Waals surface area (Å²) in [6.45, 7) is 4.06. The minimum Gasteiger partial charge on any atom is -0.378 e. The maximum Gasteiger partial charge on any atom is 0.266 e. The van der Waals surface area contributed by atoms with Gasteiger partial charge in [0.2, 0.25) is 5.91 Å². The molecule has 3 rings (SSSR count). The number of aromatic amines is 1. The van der Waals surface area contributed by atoms with Crippen LogP contribution in [0.3, 0.4) is 0 Å². The molecule has 0 bridgehead atoms. The van der Waals surface area contributed by atoms with Crippen molar-refractivity contribution in [2.75, 3.05) is 24.3 Å². The molecule has 0 aliphatic heterocycles. The first-order valence-corrected chi connectivity index (χ1v) is 10.0. The number of nitrogens with one attached hydrogen (secondary N) is 2. The summed E-state index contributed by atoms with van der Waals surface area (Å²) in [5, 5.41) is 16.4. The fourth-order valence-corrected chi connectivity index (χ4v) is 3.50. The topological polar surface area (TPSA) is 107 Å². The predicted octanol–water partition coefficient (Wildman–Crippen LogP) is 2.75. The molecule has 1 amide bonds. The van der Waals surface area contributed by atoms with Gasteiger partial charge >= 0.3 is 0 Å². The van der Waals surface area contributed by atoms with Gasteiger partial charge in [-0.25, -0.2) is 4.68 Å². The van der Waals surface area contributed by atoms with Crippen molar-refractivity contribution in [2.45, 2.75) is 33.2 Å². The van der Waals surface area contributed by atoms with Crippen LogP contribution in [-0.4, -0.2) is 34.8 Å². The van der Waals surface area contributed by atoms with Crippen molar-refractivity contribution in [2.24, 2.45) is 0 Å². The van der Waals surface area contributed by atoms with E-state index in [1.54, 1.807) is 30.8 Å². The molecule has 31 heavy (non-hydrogen) atoms. The lowest BCUT2D eigenvalue weighted by Crippen LogP contribution is -2.19. The predicted molar refractivity (Wildman–Crippen MR) is 120 cm³/mol. The van der Waals surface area contributed by atoms with Crippen molar-refractivity contribution in [1.82, 2.24) is 14.8 Å². The van der Waals surface area contributed by atoms with Crippen molar-refractivity contribution in [1.29, 1.82) is 5.26 Å². The highest BCUT2D eigenvalue weighted by Gasteiger charge is 2.14. The van der Waals surface area contributed by atoms with E-state index in [0.29, 0.717) is 30.0 Å². The number of pyridine rings is 1. The maximum absolute atomic E-state index is 12.6. The van der Waals surface area contributed by atoms with Gasteiger partial charge in [0.1, 0.15) is 17.5 Å². The smallest absolute Gasteiger partial charge is 0.266 e. The van der Waals surface area contributed by atoms with Crippen LogP contribution in [0.5, 0.6) is 0 Å². The van der Waals surface area contributed by atoms with Crippen molar-refractivity contribution in [3.05, 3.63) is 74.8 Å². The zero-order valence-corrected chi connectivity index (χ0v) is 18.2. The van der Waals surface area contributed by atoms with E-state index in [9.17, 15) is 14.9 Å². The molecular weight excluding hydrogens is 392 g/mol. The zero-order valence-electron chi connectivity index (χ0n) is 18.2. The Balaban J connectivity index is 1.66. The molecule has 160 valence electrons. The fourth-order valence-electron chi connectivity index (χ4n) is 3.50. The third-order valence-electron chi connectivity index (χ3n) is 5.29. The Morgan fingerprint density at radius 3 is 2.58 bits per heavy atom. The van der Waals surface area contributed by atoms with Crippen LogP contribution in [-0.2, 0) is 17.8 Å². The molecule has 3 aromatic rings. The number of carbonyl (C=O) groups excluding carboxylic acids is 1. The second-order valence-corrected chi connectivity index (χ2v) is 7.65. The highest BCUT2D eigenvalue weighted by atomic mass is 16.1. The molecule has 1 aromatic carbocycles. The molecule has 2 aromatic heterocycles. The second kappa shape index (κ2) is 9.30. The van der Waals surface area contributed by atoms with E-state index in [-0.39, 0.29) is 17.9 Å². The van der Waals surface area contributed by atoms with Gasteiger partial charge in [-0.1, -0.05) is 12.1 Å². The van der Waals surface area contributed by atoms with Gasteiger partial charge in [-0.2, -0.15) is 10.4 Å². The Labute approximate surface area is 181 Å². The summed E-state index contributed by atoms with van der Waals surface area (Å²) in [5.41, 5.74) is 4.02. The van der Waals surface area contributed by atoms with Crippen LogP contribution >= 0.6 is 0 Å². The summed E-state index contributed by atoms with van der Waals surface area (Å²) in [5.74, 6) is 0.461. The van der Waals surface area contributed by atoms with E-state index in [0.717, 1.165) is 16.8 Å². The van der Waals surface area contributed by atoms with Gasteiger partial charge in [0.15, 0.2) is 0 Å². The van der Waals surface area contributed by atoms with E-state index < -0.39 is 5.56 Å². The molecule has 0 spiro atoms. The van der Waals surface area contributed by atoms with Gasteiger partial charge in [0.05, 0.1) is 12.7 Å². The molecule has 0 aliphatic rings. The molecular formula is C23H26N6O2. The summed E-state index contributed by atoms with van der Waals surface area (Å²) in [6, 6.07) is 11.9. The van der Waals surface area contributed by atoms with Crippen LogP contribution in [0.25, 0.3) is 0 Å². The van der Waals surface area contributed by atoms with Crippen molar-refractivity contribution < 1.29 is 4.79 Å². The lowest BCUT2D eigenvalue weighted by atomic mass is 9.99. The molecule has 0 aliphatic carbocycles. The highest BCUT2D eigenvalue weighted by Crippen LogP contribution is 2.17. The molecule has 8 heteroatoms. The number of anilines is 2. The monoisotopic (exact) mass is 418 g/mol. The van der Waals surface area contributed by atoms with E-state index in [4.69, 9.17) is 0 Å². The number of H-pyrrole nitrogens is 1. The van der Waals surface area contributed by atoms with Gasteiger partial charge in [0.25, 0.3) is 5.56 Å². The largest absolute Gasteiger partial charge is 0.378 e. The average Bonchev–Trinajstić information content (AvgIpc) is 3.14. The van der Waals surface area contributed by atoms with E-state index in [1.807, 2.05) is 49.3 Å². The number of benzene rings is 1. The van der Waals surface area contributed by atoms with E-state index in [2.05, 4.69) is 15.4 Å². The number of amides is 1. The zero-order chi connectivity index (χ0) is 22.5. The van der Waals surface area contributed by atoms with Crippen LogP contribution in [0.4, 0.5) is 11.5 Å². The van der Waals surface area contributed by atoms with Crippen LogP contribution in [0, 0.1) is 25.2 Å². The normalized spacial score (nSPS) is 10.5. The third kappa shape index (κ3) is 5.01. The van der Waals surface area contributed by atoms with Crippen molar-refractivity contribution in [3.8, 4) is 6.07 Å². The van der Waals surface area contributed by atoms with Crippen LogP contribution in [0.1, 0.15) is 34.4 Å². The van der Waals surface area contributed by atoms with Crippen LogP contribution in [0.15, 0.2) is 41.3 Å². The molecule has 0 unspecified atom stereocenters. The number of aromatic nitrogens is 3. The first-order valence-electron chi connectivity index (χ1n) is 10.0. The summed E-state index contributed by atoms with van der Waals surface area (Å²) >= 11 is 0. The summed E-state index contributed by atoms with van der Waals surface area (Å²) in [6.07, 6.45) is 2.30. The van der Waals surface area contributed by atoms with Gasteiger partial charge < -0.3 is 15.2 Å². The number of nitriles is 1. The number of rotatable bonds is 7. The van der Waals surface area contributed by atoms with E-state index in [1.165, 1.54) is 0 Å². The minimum absolute atomic E-state index is 0.0966. The molecule has 0 atom stereocenters. The third-order valence-corrected chi connectivity index (χ3v) is 5.29. The van der Waals surface area contributed by atoms with Gasteiger partial charge in [-0.15, -0.1) is 0 Å². The van der Waals surface area contributed by atoms with Gasteiger partial charge in [0, 0.05) is 38.0 Å². The van der Waals surface area contributed by atoms with Crippen molar-refractivity contribution >= 4 is 17.4 Å². The highest BCUT2D eigenvalue weighted by molar-refractivity contribution is 5.90. The minimum atomic E-state index is -0.395. The number of carbonyl (C=O) groups is 1. The summed E-state index contributed by atoms with van der Waals surface area (Å²) in [7, 11) is 3.99. The molecule has 2 heterocycles. The number of nitrogens with zero attached hydrogens (tertiary/aromatic N) is 4. The van der Waals surface area contributed by atoms with Gasteiger partial charge in [-0.3, -0.25) is 9.59 Å². The number of hydrogen-bond acceptors (Lipinski definition) is 5.